The van der Waals surface area contributed by atoms with Crippen molar-refractivity contribution < 1.29 is 46.9 Å². The van der Waals surface area contributed by atoms with Gasteiger partial charge in [-0.3, -0.25) is 18.9 Å². The van der Waals surface area contributed by atoms with Crippen LogP contribution in [-0.4, -0.2) is 69.6 Å². The average molecular weight is 730 g/mol. The summed E-state index contributed by atoms with van der Waals surface area (Å²) >= 11 is 0. The number of hydrogen-bond acceptors (Lipinski definition) is 13. The first-order valence-electron chi connectivity index (χ1n) is 17.1. The molecule has 1 aromatic carbocycles. The molecule has 1 saturated carbocycles. The van der Waals surface area contributed by atoms with Crippen LogP contribution in [0.1, 0.15) is 91.8 Å². The molecular formula is C35H48N5O10P. The fourth-order valence-electron chi connectivity index (χ4n) is 6.46. The zero-order valence-electron chi connectivity index (χ0n) is 30.1. The zero-order valence-corrected chi connectivity index (χ0v) is 31.0. The third-order valence-electron chi connectivity index (χ3n) is 9.08. The molecule has 2 fully saturated rings. The molecule has 0 spiro atoms. The number of aromatic nitrogens is 3. The number of nitrogens with one attached hydrogen (secondary N) is 1. The fourth-order valence-corrected chi connectivity index (χ4v) is 7.97. The number of nitrogen functional groups attached to an aromatic ring is 1. The lowest BCUT2D eigenvalue weighted by Crippen LogP contribution is -2.45. The van der Waals surface area contributed by atoms with Crippen molar-refractivity contribution in [1.82, 2.24) is 19.7 Å². The molecule has 16 heteroatoms. The van der Waals surface area contributed by atoms with Crippen LogP contribution in [0.15, 0.2) is 42.7 Å². The van der Waals surface area contributed by atoms with Crippen LogP contribution in [0.2, 0.25) is 0 Å². The quantitative estimate of drug-likeness (QED) is 0.141. The monoisotopic (exact) mass is 729 g/mol. The van der Waals surface area contributed by atoms with Gasteiger partial charge in [0.15, 0.2) is 18.0 Å². The molecule has 2 aliphatic rings. The maximum atomic E-state index is 14.6. The summed E-state index contributed by atoms with van der Waals surface area (Å²) in [6.45, 7) is 11.3. The van der Waals surface area contributed by atoms with Gasteiger partial charge in [-0.1, -0.05) is 39.3 Å². The van der Waals surface area contributed by atoms with Gasteiger partial charge in [0.2, 0.25) is 0 Å². The molecule has 0 bridgehead atoms. The van der Waals surface area contributed by atoms with Gasteiger partial charge in [-0.15, -0.1) is 0 Å². The number of benzene rings is 1. The summed E-state index contributed by atoms with van der Waals surface area (Å²) in [7, 11) is -4.39. The molecule has 1 saturated heterocycles. The van der Waals surface area contributed by atoms with E-state index < -0.39 is 62.2 Å². The summed E-state index contributed by atoms with van der Waals surface area (Å²) in [6.07, 6.45) is 2.00. The Morgan fingerprint density at radius 1 is 1.04 bits per heavy atom. The molecule has 1 aliphatic carbocycles. The van der Waals surface area contributed by atoms with Crippen LogP contribution in [0.5, 0.6) is 5.75 Å². The Kier molecular flexibility index (Phi) is 11.4. The third kappa shape index (κ3) is 8.89. The highest BCUT2D eigenvalue weighted by Gasteiger charge is 2.59. The van der Waals surface area contributed by atoms with Crippen molar-refractivity contribution in [3.63, 3.8) is 0 Å². The van der Waals surface area contributed by atoms with Gasteiger partial charge in [-0.25, -0.2) is 14.1 Å². The van der Waals surface area contributed by atoms with E-state index in [1.54, 1.807) is 31.2 Å². The Labute approximate surface area is 297 Å². The van der Waals surface area contributed by atoms with Gasteiger partial charge in [0.25, 0.3) is 0 Å². The summed E-state index contributed by atoms with van der Waals surface area (Å²) in [6, 6.07) is 9.30. The maximum Gasteiger partial charge on any atom is 0.459 e. The number of carbonyl (C=O) groups excluding carboxylic acids is 3. The first-order valence-corrected chi connectivity index (χ1v) is 18.7. The first kappa shape index (κ1) is 38.2. The van der Waals surface area contributed by atoms with E-state index in [4.69, 9.17) is 33.7 Å². The summed E-state index contributed by atoms with van der Waals surface area (Å²) in [5.74, 6) is -1.53. The van der Waals surface area contributed by atoms with Crippen LogP contribution < -0.4 is 15.3 Å². The lowest BCUT2D eigenvalue weighted by molar-refractivity contribution is -0.168. The topological polar surface area (TPSA) is 192 Å². The molecule has 51 heavy (non-hydrogen) atoms. The van der Waals surface area contributed by atoms with E-state index in [1.165, 1.54) is 31.6 Å². The molecule has 15 nitrogen and oxygen atoms in total. The van der Waals surface area contributed by atoms with Crippen molar-refractivity contribution >= 4 is 37.0 Å². The smallest absolute Gasteiger partial charge is 0.459 e. The second-order valence-electron chi connectivity index (χ2n) is 14.2. The van der Waals surface area contributed by atoms with Gasteiger partial charge < -0.3 is 29.2 Å². The predicted octanol–water partition coefficient (Wildman–Crippen LogP) is 5.14. The summed E-state index contributed by atoms with van der Waals surface area (Å²) in [4.78, 5) is 42.0. The van der Waals surface area contributed by atoms with Crippen LogP contribution in [0.4, 0.5) is 5.82 Å². The highest BCUT2D eigenvalue weighted by molar-refractivity contribution is 7.52. The van der Waals surface area contributed by atoms with Crippen LogP contribution in [0.25, 0.3) is 5.52 Å². The number of nitrogens with zero attached hydrogens (tertiary/aromatic N) is 3. The van der Waals surface area contributed by atoms with Gasteiger partial charge >= 0.3 is 25.7 Å². The lowest BCUT2D eigenvalue weighted by atomic mass is 9.87. The Morgan fingerprint density at radius 3 is 2.33 bits per heavy atom. The molecule has 0 radical (unpaired) electrons. The Hall–Kier alpha value is -4.04. The molecule has 6 atom stereocenters. The molecule has 3 N–H and O–H groups in total. The van der Waals surface area contributed by atoms with Crippen LogP contribution in [0.3, 0.4) is 0 Å². The number of anilines is 1. The minimum absolute atomic E-state index is 0.145. The molecule has 3 heterocycles. The van der Waals surface area contributed by atoms with E-state index in [9.17, 15) is 18.9 Å². The highest BCUT2D eigenvalue weighted by Crippen LogP contribution is 2.49. The fraction of sp³-hybridized carbons (Fsp3) is 0.571. The van der Waals surface area contributed by atoms with Gasteiger partial charge in [-0.05, 0) is 74.8 Å². The van der Waals surface area contributed by atoms with Crippen LogP contribution in [0, 0.1) is 0 Å². The second kappa shape index (κ2) is 15.3. The Balaban J connectivity index is 1.45. The van der Waals surface area contributed by atoms with E-state index in [-0.39, 0.29) is 23.1 Å². The number of fused-ring (bicyclic) bond motifs is 1. The summed E-state index contributed by atoms with van der Waals surface area (Å²) < 4.78 is 51.7. The Bertz CT molecular complexity index is 1770. The van der Waals surface area contributed by atoms with Crippen molar-refractivity contribution in [2.24, 2.45) is 0 Å². The molecule has 0 amide bonds. The Morgan fingerprint density at radius 2 is 1.71 bits per heavy atom. The van der Waals surface area contributed by atoms with E-state index in [0.717, 1.165) is 37.7 Å². The predicted molar refractivity (Wildman–Crippen MR) is 186 cm³/mol. The number of carbonyl (C=O) groups is 3. The number of ether oxygens (including phenoxy) is 4. The summed E-state index contributed by atoms with van der Waals surface area (Å²) in [5, 5.41) is 7.04. The minimum atomic E-state index is -4.39. The number of rotatable bonds is 12. The van der Waals surface area contributed by atoms with Crippen molar-refractivity contribution in [2.75, 3.05) is 12.3 Å². The second-order valence-corrected chi connectivity index (χ2v) is 15.9. The average Bonchev–Trinajstić information content (AvgIpc) is 3.61. The standard InChI is InChI=1S/C35H48N5O10P/c1-21(33(43)48-25-11-9-8-10-12-25)39-51(44,50-26-15-13-24(14-16-26)34(4,5)6)45-19-28-30(46-22(2)41)31(47-23(3)42)35(7,49-28)29-18-17-27-32(36)37-20-38-40(27)29/h13-18,20-21,25,28,30-31H,8-12,19H2,1-7H3,(H,39,44)(H2,36,37,38)/t21-,28+,30+,31+,35-,51?/m0/s1. The van der Waals surface area contributed by atoms with E-state index in [1.807, 2.05) is 12.1 Å². The maximum absolute atomic E-state index is 14.6. The molecule has 2 aromatic heterocycles. The van der Waals surface area contributed by atoms with Crippen LogP contribution >= 0.6 is 7.75 Å². The van der Waals surface area contributed by atoms with Crippen LogP contribution in [-0.2, 0) is 53.4 Å². The van der Waals surface area contributed by atoms with Crippen molar-refractivity contribution in [1.29, 1.82) is 0 Å². The van der Waals surface area contributed by atoms with Gasteiger partial charge in [-0.2, -0.15) is 10.2 Å². The number of hydrogen-bond donors (Lipinski definition) is 2. The van der Waals surface area contributed by atoms with Crippen molar-refractivity contribution in [3.8, 4) is 5.75 Å². The number of nitrogens with two attached hydrogens (primary N) is 1. The molecule has 5 rings (SSSR count). The van der Waals surface area contributed by atoms with Gasteiger partial charge in [0, 0.05) is 13.8 Å². The molecule has 1 aliphatic heterocycles. The first-order chi connectivity index (χ1) is 24.0. The number of esters is 3. The highest BCUT2D eigenvalue weighted by atomic mass is 31.2. The summed E-state index contributed by atoms with van der Waals surface area (Å²) in [5.41, 5.74) is 6.35. The van der Waals surface area contributed by atoms with Crippen molar-refractivity contribution in [2.45, 2.75) is 122 Å². The molecular weight excluding hydrogens is 681 g/mol. The normalized spacial score (nSPS) is 24.4. The largest absolute Gasteiger partial charge is 0.461 e. The SMILES string of the molecule is CC(=O)O[C@H]1[C@@H](OC(C)=O)[C@](C)(c2ccc3c(N)ncnn23)O[C@@H]1COP(=O)(N[C@@H](C)C(=O)OC1CCCCC1)Oc1ccc(C(C)(C)C)cc1. The lowest BCUT2D eigenvalue weighted by Gasteiger charge is -2.30. The van der Waals surface area contributed by atoms with E-state index >= 15 is 0 Å². The molecule has 278 valence electrons. The van der Waals surface area contributed by atoms with Crippen molar-refractivity contribution in [3.05, 3.63) is 54.0 Å². The minimum Gasteiger partial charge on any atom is -0.461 e. The zero-order chi connectivity index (χ0) is 37.1. The molecule has 3 aromatic rings. The molecule has 1 unspecified atom stereocenters. The van der Waals surface area contributed by atoms with Gasteiger partial charge in [0.05, 0.1) is 12.3 Å². The van der Waals surface area contributed by atoms with E-state index in [0.29, 0.717) is 11.2 Å². The van der Waals surface area contributed by atoms with Gasteiger partial charge in [0.1, 0.15) is 41.4 Å². The van der Waals surface area contributed by atoms with E-state index in [2.05, 4.69) is 35.9 Å². The third-order valence-corrected chi connectivity index (χ3v) is 10.7.